The Labute approximate surface area is 157 Å². The van der Waals surface area contributed by atoms with Gasteiger partial charge < -0.3 is 14.6 Å². The van der Waals surface area contributed by atoms with E-state index < -0.39 is 6.10 Å². The second kappa shape index (κ2) is 7.77. The van der Waals surface area contributed by atoms with Crippen molar-refractivity contribution < 1.29 is 14.6 Å². The summed E-state index contributed by atoms with van der Waals surface area (Å²) in [5.74, 6) is 1.53. The standard InChI is InChI=1S/C20H22N4O3/c1-14(25)10-24(11-15-7-8-18-19(9-15)27-13-26-18)12-17-20(22-23-21-17)16-5-3-2-4-6-16/h2-9,14,25H,10-13H2,1H3,(H,21,22,23)/t14-/m1/s1. The quantitative estimate of drug-likeness (QED) is 0.669. The number of aliphatic hydroxyl groups excluding tert-OH is 1. The van der Waals surface area contributed by atoms with Crippen LogP contribution in [0.15, 0.2) is 48.5 Å². The third-order valence-corrected chi connectivity index (χ3v) is 4.41. The van der Waals surface area contributed by atoms with Crippen molar-refractivity contribution >= 4 is 0 Å². The summed E-state index contributed by atoms with van der Waals surface area (Å²) in [5.41, 5.74) is 3.78. The van der Waals surface area contributed by atoms with Crippen LogP contribution in [0.5, 0.6) is 11.5 Å². The first kappa shape index (κ1) is 17.5. The van der Waals surface area contributed by atoms with E-state index in [0.29, 0.717) is 19.6 Å². The molecule has 0 bridgehead atoms. The van der Waals surface area contributed by atoms with Crippen molar-refractivity contribution in [3.63, 3.8) is 0 Å². The Kier molecular flexibility index (Phi) is 5.04. The van der Waals surface area contributed by atoms with Crippen LogP contribution in [0.1, 0.15) is 18.2 Å². The summed E-state index contributed by atoms with van der Waals surface area (Å²) in [7, 11) is 0. The van der Waals surface area contributed by atoms with Crippen molar-refractivity contribution in [1.82, 2.24) is 20.3 Å². The first-order chi connectivity index (χ1) is 13.2. The molecule has 2 aromatic carbocycles. The fourth-order valence-electron chi connectivity index (χ4n) is 3.26. The molecule has 0 saturated carbocycles. The van der Waals surface area contributed by atoms with Crippen LogP contribution in [0.2, 0.25) is 0 Å². The second-order valence-corrected chi connectivity index (χ2v) is 6.69. The second-order valence-electron chi connectivity index (χ2n) is 6.69. The molecule has 0 spiro atoms. The summed E-state index contributed by atoms with van der Waals surface area (Å²) >= 11 is 0. The van der Waals surface area contributed by atoms with E-state index in [1.54, 1.807) is 6.92 Å². The van der Waals surface area contributed by atoms with Crippen LogP contribution in [0, 0.1) is 0 Å². The number of rotatable bonds is 7. The van der Waals surface area contributed by atoms with Crippen molar-refractivity contribution in [2.75, 3.05) is 13.3 Å². The average Bonchev–Trinajstić information content (AvgIpc) is 3.30. The number of hydrogen-bond donors (Lipinski definition) is 2. The number of ether oxygens (including phenoxy) is 2. The lowest BCUT2D eigenvalue weighted by atomic mass is 10.1. The summed E-state index contributed by atoms with van der Waals surface area (Å²) in [6.45, 7) is 3.79. The molecule has 2 heterocycles. The molecule has 0 unspecified atom stereocenters. The van der Waals surface area contributed by atoms with Gasteiger partial charge in [0.25, 0.3) is 0 Å². The van der Waals surface area contributed by atoms with Crippen molar-refractivity contribution in [3.05, 3.63) is 59.8 Å². The van der Waals surface area contributed by atoms with Gasteiger partial charge in [0.1, 0.15) is 11.4 Å². The van der Waals surface area contributed by atoms with Crippen molar-refractivity contribution in [3.8, 4) is 22.8 Å². The Balaban J connectivity index is 1.54. The number of nitrogens with one attached hydrogen (secondary N) is 1. The Bertz CT molecular complexity index is 895. The molecular formula is C20H22N4O3. The Morgan fingerprint density at radius 1 is 1.07 bits per heavy atom. The summed E-state index contributed by atoms with van der Waals surface area (Å²) in [6.07, 6.45) is -0.453. The number of fused-ring (bicyclic) bond motifs is 1. The highest BCUT2D eigenvalue weighted by Gasteiger charge is 2.18. The molecule has 140 valence electrons. The van der Waals surface area contributed by atoms with Gasteiger partial charge in [-0.2, -0.15) is 15.4 Å². The highest BCUT2D eigenvalue weighted by Crippen LogP contribution is 2.33. The Morgan fingerprint density at radius 2 is 1.89 bits per heavy atom. The number of hydrogen-bond acceptors (Lipinski definition) is 6. The molecule has 0 radical (unpaired) electrons. The first-order valence-electron chi connectivity index (χ1n) is 8.93. The van der Waals surface area contributed by atoms with Crippen LogP contribution in [-0.2, 0) is 13.1 Å². The molecule has 7 heteroatoms. The van der Waals surface area contributed by atoms with Gasteiger partial charge in [-0.1, -0.05) is 36.4 Å². The lowest BCUT2D eigenvalue weighted by molar-refractivity contribution is 0.117. The molecule has 2 N–H and O–H groups in total. The monoisotopic (exact) mass is 366 g/mol. The van der Waals surface area contributed by atoms with E-state index in [4.69, 9.17) is 9.47 Å². The van der Waals surface area contributed by atoms with Gasteiger partial charge in [0.05, 0.1) is 6.10 Å². The Morgan fingerprint density at radius 3 is 2.70 bits per heavy atom. The van der Waals surface area contributed by atoms with Gasteiger partial charge in [0.15, 0.2) is 11.5 Å². The first-order valence-corrected chi connectivity index (χ1v) is 8.93. The number of nitrogens with zero attached hydrogens (tertiary/aromatic N) is 3. The van der Waals surface area contributed by atoms with Gasteiger partial charge in [-0.3, -0.25) is 4.90 Å². The van der Waals surface area contributed by atoms with Gasteiger partial charge in [-0.15, -0.1) is 0 Å². The SMILES string of the molecule is C[C@@H](O)CN(Cc1ccc2c(c1)OCO2)Cc1n[nH]nc1-c1ccccc1. The van der Waals surface area contributed by atoms with Crippen LogP contribution < -0.4 is 9.47 Å². The summed E-state index contributed by atoms with van der Waals surface area (Å²) in [4.78, 5) is 2.15. The molecule has 27 heavy (non-hydrogen) atoms. The van der Waals surface area contributed by atoms with Gasteiger partial charge in [-0.05, 0) is 24.6 Å². The Hall–Kier alpha value is -2.90. The van der Waals surface area contributed by atoms with Gasteiger partial charge >= 0.3 is 0 Å². The van der Waals surface area contributed by atoms with E-state index in [2.05, 4.69) is 20.3 Å². The predicted octanol–water partition coefficient (Wildman–Crippen LogP) is 2.58. The van der Waals surface area contributed by atoms with Crippen LogP contribution in [-0.4, -0.2) is 44.9 Å². The summed E-state index contributed by atoms with van der Waals surface area (Å²) in [5, 5.41) is 21.3. The number of aliphatic hydroxyl groups is 1. The van der Waals surface area contributed by atoms with E-state index >= 15 is 0 Å². The van der Waals surface area contributed by atoms with Crippen LogP contribution in [0.3, 0.4) is 0 Å². The summed E-state index contributed by atoms with van der Waals surface area (Å²) < 4.78 is 10.8. The average molecular weight is 366 g/mol. The molecule has 0 amide bonds. The maximum Gasteiger partial charge on any atom is 0.231 e. The molecule has 7 nitrogen and oxygen atoms in total. The lowest BCUT2D eigenvalue weighted by Gasteiger charge is -2.23. The predicted molar refractivity (Wildman–Crippen MR) is 100 cm³/mol. The molecule has 0 saturated heterocycles. The van der Waals surface area contributed by atoms with Crippen molar-refractivity contribution in [2.24, 2.45) is 0 Å². The van der Waals surface area contributed by atoms with E-state index in [9.17, 15) is 5.11 Å². The molecule has 0 fully saturated rings. The zero-order chi connectivity index (χ0) is 18.6. The molecule has 1 aliphatic rings. The minimum atomic E-state index is -0.453. The fourth-order valence-corrected chi connectivity index (χ4v) is 3.26. The van der Waals surface area contributed by atoms with Gasteiger partial charge in [-0.25, -0.2) is 0 Å². The van der Waals surface area contributed by atoms with E-state index in [-0.39, 0.29) is 6.79 Å². The normalized spacial score (nSPS) is 13.9. The number of benzene rings is 2. The third-order valence-electron chi connectivity index (χ3n) is 4.41. The van der Waals surface area contributed by atoms with Crippen molar-refractivity contribution in [1.29, 1.82) is 0 Å². The van der Waals surface area contributed by atoms with Crippen LogP contribution >= 0.6 is 0 Å². The maximum atomic E-state index is 9.94. The van der Waals surface area contributed by atoms with Gasteiger partial charge in [0.2, 0.25) is 6.79 Å². The summed E-state index contributed by atoms with van der Waals surface area (Å²) in [6, 6.07) is 15.9. The topological polar surface area (TPSA) is 83.5 Å². The van der Waals surface area contributed by atoms with Crippen LogP contribution in [0.25, 0.3) is 11.3 Å². The maximum absolute atomic E-state index is 9.94. The lowest BCUT2D eigenvalue weighted by Crippen LogP contribution is -2.30. The minimum absolute atomic E-state index is 0.259. The number of aromatic amines is 1. The fraction of sp³-hybridized carbons (Fsp3) is 0.300. The van der Waals surface area contributed by atoms with Crippen LogP contribution in [0.4, 0.5) is 0 Å². The third kappa shape index (κ3) is 4.10. The van der Waals surface area contributed by atoms with E-state index in [1.165, 1.54) is 0 Å². The molecule has 0 aliphatic carbocycles. The highest BCUT2D eigenvalue weighted by molar-refractivity contribution is 5.60. The smallest absolute Gasteiger partial charge is 0.231 e. The number of aromatic nitrogens is 3. The van der Waals surface area contributed by atoms with E-state index in [0.717, 1.165) is 34.0 Å². The minimum Gasteiger partial charge on any atom is -0.454 e. The molecule has 1 atom stereocenters. The van der Waals surface area contributed by atoms with Crippen molar-refractivity contribution in [2.45, 2.75) is 26.1 Å². The van der Waals surface area contributed by atoms with Gasteiger partial charge in [0, 0.05) is 25.2 Å². The zero-order valence-electron chi connectivity index (χ0n) is 15.1. The largest absolute Gasteiger partial charge is 0.454 e. The molecular weight excluding hydrogens is 344 g/mol. The molecule has 1 aliphatic heterocycles. The molecule has 1 aromatic heterocycles. The van der Waals surface area contributed by atoms with E-state index in [1.807, 2.05) is 48.5 Å². The molecule has 4 rings (SSSR count). The molecule has 3 aromatic rings. The zero-order valence-corrected chi connectivity index (χ0v) is 15.1. The number of H-pyrrole nitrogens is 1. The highest BCUT2D eigenvalue weighted by atomic mass is 16.7.